The molecule has 0 atom stereocenters. The number of allylic oxidation sites excluding steroid dienone is 2. The second-order valence-electron chi connectivity index (χ2n) is 5.57. The third kappa shape index (κ3) is 13.0. The highest BCUT2D eigenvalue weighted by molar-refractivity contribution is 7.99. The van der Waals surface area contributed by atoms with Crippen molar-refractivity contribution in [2.75, 3.05) is 11.5 Å². The third-order valence-corrected chi connectivity index (χ3v) is 4.62. The smallest absolute Gasteiger partial charge is 0.198 e. The molecular weight excluding hydrogens is 268 g/mol. The minimum absolute atomic E-state index is 0.102. The first-order chi connectivity index (χ1) is 9.93. The molecule has 0 aromatic heterocycles. The summed E-state index contributed by atoms with van der Waals surface area (Å²) in [5.41, 5.74) is 0. The van der Waals surface area contributed by atoms with E-state index >= 15 is 0 Å². The molecule has 0 aromatic carbocycles. The van der Waals surface area contributed by atoms with Crippen LogP contribution in [0.2, 0.25) is 0 Å². The Bertz CT molecular complexity index is 227. The SMILES string of the molecule is CCCCCCCC/C=C\CCCCCSCC1OO1. The van der Waals surface area contributed by atoms with Crippen LogP contribution in [0.3, 0.4) is 0 Å². The second kappa shape index (κ2) is 14.0. The maximum atomic E-state index is 4.70. The summed E-state index contributed by atoms with van der Waals surface area (Å²) in [6.45, 7) is 2.28. The van der Waals surface area contributed by atoms with Crippen molar-refractivity contribution in [3.8, 4) is 0 Å². The summed E-state index contributed by atoms with van der Waals surface area (Å²) >= 11 is 1.94. The molecule has 0 aliphatic carbocycles. The fraction of sp³-hybridized carbons (Fsp3) is 0.882. The van der Waals surface area contributed by atoms with E-state index in [9.17, 15) is 0 Å². The quantitative estimate of drug-likeness (QED) is 0.163. The van der Waals surface area contributed by atoms with Gasteiger partial charge in [0.1, 0.15) is 0 Å². The van der Waals surface area contributed by atoms with E-state index in [1.807, 2.05) is 11.8 Å². The van der Waals surface area contributed by atoms with Crippen LogP contribution < -0.4 is 0 Å². The number of thioether (sulfide) groups is 1. The van der Waals surface area contributed by atoms with E-state index in [0.29, 0.717) is 0 Å². The van der Waals surface area contributed by atoms with Crippen LogP contribution in [-0.4, -0.2) is 17.8 Å². The van der Waals surface area contributed by atoms with E-state index in [2.05, 4.69) is 19.1 Å². The predicted molar refractivity (Wildman–Crippen MR) is 88.9 cm³/mol. The average molecular weight is 301 g/mol. The molecule has 0 unspecified atom stereocenters. The van der Waals surface area contributed by atoms with Gasteiger partial charge >= 0.3 is 0 Å². The van der Waals surface area contributed by atoms with Crippen molar-refractivity contribution in [3.63, 3.8) is 0 Å². The minimum Gasteiger partial charge on any atom is -0.198 e. The van der Waals surface area contributed by atoms with Crippen LogP contribution in [0.1, 0.15) is 77.6 Å². The Labute approximate surface area is 129 Å². The summed E-state index contributed by atoms with van der Waals surface area (Å²) in [7, 11) is 0. The van der Waals surface area contributed by atoms with Gasteiger partial charge < -0.3 is 0 Å². The van der Waals surface area contributed by atoms with Crippen LogP contribution in [0, 0.1) is 0 Å². The largest absolute Gasteiger partial charge is 0.233 e. The van der Waals surface area contributed by atoms with Crippen molar-refractivity contribution in [2.24, 2.45) is 0 Å². The normalized spacial score (nSPS) is 15.2. The molecule has 20 heavy (non-hydrogen) atoms. The van der Waals surface area contributed by atoms with E-state index < -0.39 is 0 Å². The highest BCUT2D eigenvalue weighted by Gasteiger charge is 2.24. The fourth-order valence-corrected chi connectivity index (χ4v) is 3.07. The lowest BCUT2D eigenvalue weighted by Gasteiger charge is -1.99. The van der Waals surface area contributed by atoms with Gasteiger partial charge in [-0.1, -0.05) is 57.6 Å². The standard InChI is InChI=1S/C17H32O2S/c1-2-3-4-5-6-7-8-9-10-11-12-13-14-15-20-16-17-18-19-17/h9-10,17H,2-8,11-16H2,1H3/b10-9-. The molecule has 1 rings (SSSR count). The molecule has 1 heterocycles. The molecule has 0 N–H and O–H groups in total. The molecule has 0 saturated carbocycles. The zero-order valence-electron chi connectivity index (χ0n) is 13.1. The molecule has 0 radical (unpaired) electrons. The number of unbranched alkanes of at least 4 members (excludes halogenated alkanes) is 9. The van der Waals surface area contributed by atoms with Crippen molar-refractivity contribution < 1.29 is 9.78 Å². The summed E-state index contributed by atoms with van der Waals surface area (Å²) in [6.07, 6.45) is 19.8. The molecule has 0 bridgehead atoms. The monoisotopic (exact) mass is 300 g/mol. The Morgan fingerprint density at radius 2 is 1.40 bits per heavy atom. The predicted octanol–water partition coefficient (Wildman–Crippen LogP) is 5.87. The van der Waals surface area contributed by atoms with E-state index in [4.69, 9.17) is 9.78 Å². The number of hydrogen-bond donors (Lipinski definition) is 0. The molecule has 0 aromatic rings. The van der Waals surface area contributed by atoms with Crippen LogP contribution in [-0.2, 0) is 9.78 Å². The van der Waals surface area contributed by atoms with Gasteiger partial charge in [-0.15, -0.1) is 0 Å². The molecule has 0 amide bonds. The lowest BCUT2D eigenvalue weighted by Crippen LogP contribution is -1.90. The maximum absolute atomic E-state index is 4.70. The Balaban J connectivity index is 1.67. The molecule has 3 heteroatoms. The van der Waals surface area contributed by atoms with Crippen molar-refractivity contribution in [1.29, 1.82) is 0 Å². The zero-order chi connectivity index (χ0) is 14.3. The lowest BCUT2D eigenvalue weighted by molar-refractivity contribution is 0.0850. The van der Waals surface area contributed by atoms with Crippen LogP contribution >= 0.6 is 11.8 Å². The molecule has 1 fully saturated rings. The molecule has 0 spiro atoms. The van der Waals surface area contributed by atoms with E-state index in [1.165, 1.54) is 76.4 Å². The van der Waals surface area contributed by atoms with Gasteiger partial charge in [0.15, 0.2) is 0 Å². The van der Waals surface area contributed by atoms with Crippen molar-refractivity contribution in [2.45, 2.75) is 83.8 Å². The Morgan fingerprint density at radius 1 is 0.800 bits per heavy atom. The van der Waals surface area contributed by atoms with Gasteiger partial charge in [0.05, 0.1) is 5.75 Å². The average Bonchev–Trinajstić information content (AvgIpc) is 3.27. The highest BCUT2D eigenvalue weighted by atomic mass is 32.2. The van der Waals surface area contributed by atoms with Gasteiger partial charge in [-0.25, -0.2) is 0 Å². The van der Waals surface area contributed by atoms with Gasteiger partial charge in [0.25, 0.3) is 0 Å². The Morgan fingerprint density at radius 3 is 2.05 bits per heavy atom. The van der Waals surface area contributed by atoms with E-state index in [0.717, 1.165) is 5.75 Å². The van der Waals surface area contributed by atoms with Gasteiger partial charge in [0.2, 0.25) is 6.29 Å². The molecule has 1 aliphatic rings. The first-order valence-corrected chi connectivity index (χ1v) is 9.64. The van der Waals surface area contributed by atoms with Crippen molar-refractivity contribution in [3.05, 3.63) is 12.2 Å². The van der Waals surface area contributed by atoms with Gasteiger partial charge in [0, 0.05) is 0 Å². The molecule has 1 aliphatic heterocycles. The molecule has 2 nitrogen and oxygen atoms in total. The molecular formula is C17H32O2S. The minimum atomic E-state index is 0.102. The van der Waals surface area contributed by atoms with Gasteiger partial charge in [-0.05, 0) is 37.9 Å². The Kier molecular flexibility index (Phi) is 12.6. The first-order valence-electron chi connectivity index (χ1n) is 8.48. The van der Waals surface area contributed by atoms with Gasteiger partial charge in [-0.2, -0.15) is 21.5 Å². The summed E-state index contributed by atoms with van der Waals surface area (Å²) in [5.74, 6) is 2.24. The van der Waals surface area contributed by atoms with Crippen molar-refractivity contribution >= 4 is 11.8 Å². The van der Waals surface area contributed by atoms with E-state index in [1.54, 1.807) is 0 Å². The number of hydrogen-bond acceptors (Lipinski definition) is 3. The summed E-state index contributed by atoms with van der Waals surface area (Å²) in [6, 6.07) is 0. The summed E-state index contributed by atoms with van der Waals surface area (Å²) in [4.78, 5) is 9.40. The van der Waals surface area contributed by atoms with Crippen molar-refractivity contribution in [1.82, 2.24) is 0 Å². The fourth-order valence-electron chi connectivity index (χ4n) is 2.20. The highest BCUT2D eigenvalue weighted by Crippen LogP contribution is 2.19. The maximum Gasteiger partial charge on any atom is 0.233 e. The molecule has 1 saturated heterocycles. The van der Waals surface area contributed by atoms with Crippen LogP contribution in [0.4, 0.5) is 0 Å². The van der Waals surface area contributed by atoms with Crippen LogP contribution in [0.25, 0.3) is 0 Å². The van der Waals surface area contributed by atoms with Crippen LogP contribution in [0.15, 0.2) is 12.2 Å². The zero-order valence-corrected chi connectivity index (χ0v) is 14.0. The Hall–Kier alpha value is 0.01000. The first kappa shape index (κ1) is 18.1. The van der Waals surface area contributed by atoms with Crippen LogP contribution in [0.5, 0.6) is 0 Å². The number of rotatable bonds is 15. The lowest BCUT2D eigenvalue weighted by atomic mass is 10.1. The third-order valence-electron chi connectivity index (χ3n) is 3.54. The van der Waals surface area contributed by atoms with Gasteiger partial charge in [-0.3, -0.25) is 0 Å². The second-order valence-corrected chi connectivity index (χ2v) is 6.72. The van der Waals surface area contributed by atoms with E-state index in [-0.39, 0.29) is 6.29 Å². The summed E-state index contributed by atoms with van der Waals surface area (Å²) in [5, 5.41) is 0. The summed E-state index contributed by atoms with van der Waals surface area (Å²) < 4.78 is 0. The molecule has 118 valence electrons. The topological polar surface area (TPSA) is 25.1 Å².